The molecule has 0 bridgehead atoms. The van der Waals surface area contributed by atoms with Crippen molar-refractivity contribution >= 4 is 11.6 Å². The number of amides is 1. The molecule has 0 aliphatic carbocycles. The zero-order valence-electron chi connectivity index (χ0n) is 11.1. The van der Waals surface area contributed by atoms with Crippen molar-refractivity contribution in [1.29, 1.82) is 0 Å². The first kappa shape index (κ1) is 14.4. The van der Waals surface area contributed by atoms with Crippen LogP contribution in [-0.2, 0) is 0 Å². The molecule has 0 aliphatic heterocycles. The monoisotopic (exact) mass is 250 g/mol. The third-order valence-corrected chi connectivity index (χ3v) is 2.57. The topological polar surface area (TPSA) is 71.2 Å². The number of hydrogen-bond donors (Lipinski definition) is 2. The summed E-state index contributed by atoms with van der Waals surface area (Å²) in [6.45, 7) is 6.92. The summed E-state index contributed by atoms with van der Waals surface area (Å²) in [5.41, 5.74) is 7.06. The van der Waals surface area contributed by atoms with Crippen molar-refractivity contribution in [3.8, 4) is 0 Å². The Balaban J connectivity index is 2.87. The fourth-order valence-electron chi connectivity index (χ4n) is 1.79. The fourth-order valence-corrected chi connectivity index (χ4v) is 1.79. The van der Waals surface area contributed by atoms with Gasteiger partial charge in [0.05, 0.1) is 0 Å². The lowest BCUT2D eigenvalue weighted by Crippen LogP contribution is -2.30. The van der Waals surface area contributed by atoms with Crippen molar-refractivity contribution in [2.75, 3.05) is 31.1 Å². The van der Waals surface area contributed by atoms with Crippen LogP contribution in [0, 0.1) is 0 Å². The van der Waals surface area contributed by atoms with Crippen molar-refractivity contribution in [2.24, 2.45) is 5.73 Å². The molecular formula is C13H22N4O. The van der Waals surface area contributed by atoms with E-state index in [1.807, 2.05) is 19.1 Å². The van der Waals surface area contributed by atoms with Gasteiger partial charge in [-0.1, -0.05) is 6.92 Å². The van der Waals surface area contributed by atoms with Crippen LogP contribution in [0.25, 0.3) is 0 Å². The van der Waals surface area contributed by atoms with Gasteiger partial charge in [-0.05, 0) is 25.5 Å². The van der Waals surface area contributed by atoms with E-state index >= 15 is 0 Å². The normalized spacial score (nSPS) is 10.2. The van der Waals surface area contributed by atoms with Gasteiger partial charge < -0.3 is 16.0 Å². The van der Waals surface area contributed by atoms with Gasteiger partial charge in [-0.2, -0.15) is 0 Å². The number of anilines is 1. The molecule has 100 valence electrons. The first-order valence-electron chi connectivity index (χ1n) is 6.42. The Kier molecular flexibility index (Phi) is 6.14. The predicted octanol–water partition coefficient (Wildman–Crippen LogP) is 1.01. The Labute approximate surface area is 108 Å². The number of aromatic nitrogens is 1. The summed E-state index contributed by atoms with van der Waals surface area (Å²) in [4.78, 5) is 18.0. The average molecular weight is 250 g/mol. The number of pyridine rings is 1. The lowest BCUT2D eigenvalue weighted by Gasteiger charge is -2.23. The fraction of sp³-hybridized carbons (Fsp3) is 0.538. The number of nitrogens with one attached hydrogen (secondary N) is 1. The van der Waals surface area contributed by atoms with Gasteiger partial charge in [0.2, 0.25) is 0 Å². The first-order chi connectivity index (χ1) is 8.72. The van der Waals surface area contributed by atoms with Crippen LogP contribution in [-0.4, -0.2) is 37.1 Å². The van der Waals surface area contributed by atoms with E-state index < -0.39 is 0 Å². The maximum Gasteiger partial charge on any atom is 0.269 e. The van der Waals surface area contributed by atoms with Crippen LogP contribution >= 0.6 is 0 Å². The zero-order chi connectivity index (χ0) is 13.4. The Morgan fingerprint density at radius 2 is 2.22 bits per heavy atom. The molecule has 5 nitrogen and oxygen atoms in total. The molecule has 0 aromatic carbocycles. The summed E-state index contributed by atoms with van der Waals surface area (Å²) < 4.78 is 0. The first-order valence-corrected chi connectivity index (χ1v) is 6.42. The molecule has 5 heteroatoms. The second-order valence-electron chi connectivity index (χ2n) is 4.03. The molecule has 0 radical (unpaired) electrons. The van der Waals surface area contributed by atoms with Crippen LogP contribution in [0.5, 0.6) is 0 Å². The van der Waals surface area contributed by atoms with Gasteiger partial charge in [0.1, 0.15) is 5.69 Å². The van der Waals surface area contributed by atoms with Crippen LogP contribution in [0.3, 0.4) is 0 Å². The van der Waals surface area contributed by atoms with Gasteiger partial charge in [-0.25, -0.2) is 0 Å². The van der Waals surface area contributed by atoms with E-state index in [2.05, 4.69) is 22.1 Å². The lowest BCUT2D eigenvalue weighted by molar-refractivity contribution is 0.0951. The van der Waals surface area contributed by atoms with Crippen LogP contribution in [0.2, 0.25) is 0 Å². The molecule has 0 spiro atoms. The highest BCUT2D eigenvalue weighted by Crippen LogP contribution is 2.14. The van der Waals surface area contributed by atoms with Crippen LogP contribution in [0.15, 0.2) is 18.3 Å². The van der Waals surface area contributed by atoms with E-state index in [0.717, 1.165) is 25.2 Å². The average Bonchev–Trinajstić information content (AvgIpc) is 2.39. The third kappa shape index (κ3) is 4.00. The summed E-state index contributed by atoms with van der Waals surface area (Å²) in [5, 5.41) is 2.75. The van der Waals surface area contributed by atoms with E-state index in [-0.39, 0.29) is 5.91 Å². The molecular weight excluding hydrogens is 228 g/mol. The zero-order valence-corrected chi connectivity index (χ0v) is 11.1. The van der Waals surface area contributed by atoms with E-state index in [0.29, 0.717) is 18.8 Å². The van der Waals surface area contributed by atoms with Crippen LogP contribution in [0.1, 0.15) is 30.8 Å². The van der Waals surface area contributed by atoms with E-state index in [4.69, 9.17) is 5.73 Å². The largest absolute Gasteiger partial charge is 0.370 e. The highest BCUT2D eigenvalue weighted by atomic mass is 16.1. The highest BCUT2D eigenvalue weighted by molar-refractivity contribution is 5.93. The molecule has 0 fully saturated rings. The molecule has 3 N–H and O–H groups in total. The Bertz CT molecular complexity index is 375. The molecule has 0 saturated heterocycles. The summed E-state index contributed by atoms with van der Waals surface area (Å²) in [7, 11) is 0. The van der Waals surface area contributed by atoms with Gasteiger partial charge in [-0.3, -0.25) is 9.78 Å². The molecule has 1 rings (SSSR count). The van der Waals surface area contributed by atoms with Crippen LogP contribution < -0.4 is 16.0 Å². The van der Waals surface area contributed by atoms with E-state index in [9.17, 15) is 4.79 Å². The molecule has 0 aliphatic rings. The molecule has 0 saturated carbocycles. The molecule has 0 unspecified atom stereocenters. The van der Waals surface area contributed by atoms with Crippen molar-refractivity contribution in [3.05, 3.63) is 24.0 Å². The molecule has 1 aromatic heterocycles. The second kappa shape index (κ2) is 7.66. The van der Waals surface area contributed by atoms with Gasteiger partial charge in [0.25, 0.3) is 5.91 Å². The number of carbonyl (C=O) groups is 1. The lowest BCUT2D eigenvalue weighted by atomic mass is 10.2. The smallest absolute Gasteiger partial charge is 0.269 e. The minimum Gasteiger partial charge on any atom is -0.370 e. The molecule has 0 atom stereocenters. The maximum absolute atomic E-state index is 11.7. The Hall–Kier alpha value is -1.62. The van der Waals surface area contributed by atoms with Crippen LogP contribution in [0.4, 0.5) is 5.69 Å². The van der Waals surface area contributed by atoms with Gasteiger partial charge in [0.15, 0.2) is 0 Å². The molecule has 18 heavy (non-hydrogen) atoms. The summed E-state index contributed by atoms with van der Waals surface area (Å²) in [5.74, 6) is -0.136. The molecule has 1 heterocycles. The summed E-state index contributed by atoms with van der Waals surface area (Å²) in [6, 6.07) is 3.73. The Morgan fingerprint density at radius 3 is 2.83 bits per heavy atom. The van der Waals surface area contributed by atoms with Gasteiger partial charge >= 0.3 is 0 Å². The van der Waals surface area contributed by atoms with Gasteiger partial charge in [0, 0.05) is 38.1 Å². The number of nitrogens with two attached hydrogens (primary N) is 1. The molecule has 1 aromatic rings. The minimum atomic E-state index is -0.136. The van der Waals surface area contributed by atoms with Crippen molar-refractivity contribution < 1.29 is 4.79 Å². The summed E-state index contributed by atoms with van der Waals surface area (Å²) >= 11 is 0. The predicted molar refractivity (Wildman–Crippen MR) is 73.8 cm³/mol. The maximum atomic E-state index is 11.7. The van der Waals surface area contributed by atoms with Crippen molar-refractivity contribution in [3.63, 3.8) is 0 Å². The third-order valence-electron chi connectivity index (χ3n) is 2.57. The second-order valence-corrected chi connectivity index (χ2v) is 4.03. The van der Waals surface area contributed by atoms with Gasteiger partial charge in [-0.15, -0.1) is 0 Å². The standard InChI is InChI=1S/C13H22N4O/c1-3-8-17(9-6-14)11-5-7-16-12(10-11)13(18)15-4-2/h5,7,10H,3-4,6,8-9,14H2,1-2H3,(H,15,18). The quantitative estimate of drug-likeness (QED) is 0.757. The molecule has 1 amide bonds. The SMILES string of the molecule is CCCN(CCN)c1ccnc(C(=O)NCC)c1. The number of hydrogen-bond acceptors (Lipinski definition) is 4. The highest BCUT2D eigenvalue weighted by Gasteiger charge is 2.10. The van der Waals surface area contributed by atoms with Crippen molar-refractivity contribution in [1.82, 2.24) is 10.3 Å². The number of carbonyl (C=O) groups excluding carboxylic acids is 1. The van der Waals surface area contributed by atoms with E-state index in [1.165, 1.54) is 0 Å². The van der Waals surface area contributed by atoms with E-state index in [1.54, 1.807) is 6.20 Å². The minimum absolute atomic E-state index is 0.136. The number of rotatable bonds is 7. The van der Waals surface area contributed by atoms with Crippen molar-refractivity contribution in [2.45, 2.75) is 20.3 Å². The number of nitrogens with zero attached hydrogens (tertiary/aromatic N) is 2. The summed E-state index contributed by atoms with van der Waals surface area (Å²) in [6.07, 6.45) is 2.71. The Morgan fingerprint density at radius 1 is 1.44 bits per heavy atom.